The van der Waals surface area contributed by atoms with Crippen LogP contribution in [-0.2, 0) is 4.79 Å². The second-order valence-corrected chi connectivity index (χ2v) is 7.63. The van der Waals surface area contributed by atoms with Crippen LogP contribution in [0.1, 0.15) is 41.9 Å². The van der Waals surface area contributed by atoms with Crippen molar-refractivity contribution in [1.82, 2.24) is 19.9 Å². The molecule has 8 heteroatoms. The second kappa shape index (κ2) is 8.55. The number of nitrogens with one attached hydrogen (secondary N) is 1. The topological polar surface area (TPSA) is 91.3 Å². The summed E-state index contributed by atoms with van der Waals surface area (Å²) >= 11 is 0. The van der Waals surface area contributed by atoms with E-state index in [4.69, 9.17) is 0 Å². The molecular weight excluding hydrogens is 368 g/mol. The zero-order valence-electron chi connectivity index (χ0n) is 16.7. The lowest BCUT2D eigenvalue weighted by atomic mass is 10.1. The Labute approximate surface area is 170 Å². The Hall–Kier alpha value is -3.03. The molecule has 1 saturated carbocycles. The summed E-state index contributed by atoms with van der Waals surface area (Å²) in [6, 6.07) is 5.33. The van der Waals surface area contributed by atoms with E-state index in [0.29, 0.717) is 49.4 Å². The van der Waals surface area contributed by atoms with Crippen LogP contribution in [0.25, 0.3) is 0 Å². The zero-order chi connectivity index (χ0) is 20.2. The molecule has 152 valence electrons. The van der Waals surface area contributed by atoms with Crippen LogP contribution in [0.5, 0.6) is 0 Å². The van der Waals surface area contributed by atoms with E-state index in [1.54, 1.807) is 31.5 Å². The fourth-order valence-electron chi connectivity index (χ4n) is 4.01. The molecule has 0 unspecified atom stereocenters. The number of carbonyl (C=O) groups excluding carboxylic acids is 2. The molecule has 2 amide bonds. The molecule has 1 aliphatic heterocycles. The molecule has 0 radical (unpaired) electrons. The van der Waals surface area contributed by atoms with Gasteiger partial charge in [0.1, 0.15) is 11.6 Å². The first-order valence-electron chi connectivity index (χ1n) is 10.2. The van der Waals surface area contributed by atoms with Gasteiger partial charge in [0, 0.05) is 38.3 Å². The number of amides is 2. The van der Waals surface area contributed by atoms with E-state index >= 15 is 0 Å². The number of nitrogens with zero attached hydrogens (tertiary/aromatic N) is 5. The summed E-state index contributed by atoms with van der Waals surface area (Å²) in [5.74, 6) is 1.32. The SMILES string of the molecule is Cc1ncc(N2CCN(C(=O)C3CCCC3)CC2)nc1C(=O)Nc1ccccn1. The monoisotopic (exact) mass is 394 g/mol. The summed E-state index contributed by atoms with van der Waals surface area (Å²) in [6.07, 6.45) is 7.70. The Morgan fingerprint density at radius 2 is 1.83 bits per heavy atom. The third-order valence-electron chi connectivity index (χ3n) is 5.68. The van der Waals surface area contributed by atoms with Crippen LogP contribution < -0.4 is 10.2 Å². The molecule has 0 atom stereocenters. The maximum atomic E-state index is 12.6. The fourth-order valence-corrected chi connectivity index (χ4v) is 4.01. The van der Waals surface area contributed by atoms with Crippen molar-refractivity contribution in [2.75, 3.05) is 36.4 Å². The molecule has 0 bridgehead atoms. The van der Waals surface area contributed by atoms with Gasteiger partial charge in [-0.15, -0.1) is 0 Å². The van der Waals surface area contributed by atoms with Crippen LogP contribution >= 0.6 is 0 Å². The van der Waals surface area contributed by atoms with Gasteiger partial charge in [0.2, 0.25) is 5.91 Å². The molecule has 2 aliphatic rings. The van der Waals surface area contributed by atoms with Crippen molar-refractivity contribution in [1.29, 1.82) is 0 Å². The maximum Gasteiger partial charge on any atom is 0.277 e. The van der Waals surface area contributed by atoms with Crippen molar-refractivity contribution in [3.63, 3.8) is 0 Å². The largest absolute Gasteiger partial charge is 0.352 e. The van der Waals surface area contributed by atoms with Crippen LogP contribution in [0, 0.1) is 12.8 Å². The molecule has 2 aromatic heterocycles. The summed E-state index contributed by atoms with van der Waals surface area (Å²) in [7, 11) is 0. The summed E-state index contributed by atoms with van der Waals surface area (Å²) < 4.78 is 0. The molecule has 8 nitrogen and oxygen atoms in total. The minimum atomic E-state index is -0.328. The average molecular weight is 394 g/mol. The number of pyridine rings is 1. The standard InChI is InChI=1S/C21H26N6O2/c1-15-19(20(28)24-17-8-4-5-9-22-17)25-18(14-23-15)26-10-12-27(13-11-26)21(29)16-6-2-3-7-16/h4-5,8-9,14,16H,2-3,6-7,10-13H2,1H3,(H,22,24,28). The van der Waals surface area contributed by atoms with Crippen molar-refractivity contribution >= 4 is 23.5 Å². The van der Waals surface area contributed by atoms with Gasteiger partial charge in [-0.1, -0.05) is 18.9 Å². The molecule has 3 heterocycles. The number of piperazine rings is 1. The summed E-state index contributed by atoms with van der Waals surface area (Å²) in [5.41, 5.74) is 0.856. The smallest absolute Gasteiger partial charge is 0.277 e. The molecule has 2 fully saturated rings. The van der Waals surface area contributed by atoms with E-state index in [9.17, 15) is 9.59 Å². The highest BCUT2D eigenvalue weighted by Gasteiger charge is 2.30. The first-order valence-corrected chi connectivity index (χ1v) is 10.2. The quantitative estimate of drug-likeness (QED) is 0.855. The molecule has 0 spiro atoms. The third-order valence-corrected chi connectivity index (χ3v) is 5.68. The molecule has 2 aromatic rings. The van der Waals surface area contributed by atoms with Crippen molar-refractivity contribution in [3.05, 3.63) is 42.0 Å². The lowest BCUT2D eigenvalue weighted by Crippen LogP contribution is -2.50. The van der Waals surface area contributed by atoms with Crippen LogP contribution in [0.4, 0.5) is 11.6 Å². The zero-order valence-corrected chi connectivity index (χ0v) is 16.7. The predicted octanol–water partition coefficient (Wildman–Crippen LogP) is 2.27. The van der Waals surface area contributed by atoms with Gasteiger partial charge >= 0.3 is 0 Å². The van der Waals surface area contributed by atoms with Gasteiger partial charge in [-0.3, -0.25) is 14.6 Å². The van der Waals surface area contributed by atoms with Gasteiger partial charge in [0.25, 0.3) is 5.91 Å². The Bertz CT molecular complexity index is 874. The van der Waals surface area contributed by atoms with Gasteiger partial charge in [-0.2, -0.15) is 0 Å². The number of hydrogen-bond acceptors (Lipinski definition) is 6. The van der Waals surface area contributed by atoms with E-state index in [2.05, 4.69) is 25.2 Å². The molecule has 1 saturated heterocycles. The van der Waals surface area contributed by atoms with Crippen molar-refractivity contribution in [2.45, 2.75) is 32.6 Å². The van der Waals surface area contributed by atoms with Gasteiger partial charge in [0.15, 0.2) is 5.69 Å². The number of hydrogen-bond donors (Lipinski definition) is 1. The Kier molecular flexibility index (Phi) is 5.69. The van der Waals surface area contributed by atoms with E-state index in [1.165, 1.54) is 12.8 Å². The lowest BCUT2D eigenvalue weighted by Gasteiger charge is -2.36. The van der Waals surface area contributed by atoms with E-state index in [0.717, 1.165) is 12.8 Å². The van der Waals surface area contributed by atoms with Crippen LogP contribution in [0.2, 0.25) is 0 Å². The summed E-state index contributed by atoms with van der Waals surface area (Å²) in [5, 5.41) is 2.76. The average Bonchev–Trinajstić information content (AvgIpc) is 3.29. The number of rotatable bonds is 4. The number of aryl methyl sites for hydroxylation is 1. The van der Waals surface area contributed by atoms with Gasteiger partial charge in [-0.05, 0) is 31.9 Å². The summed E-state index contributed by atoms with van der Waals surface area (Å²) in [4.78, 5) is 42.4. The molecule has 4 rings (SSSR count). The van der Waals surface area contributed by atoms with Crippen LogP contribution in [0.3, 0.4) is 0 Å². The van der Waals surface area contributed by atoms with Crippen molar-refractivity contribution in [3.8, 4) is 0 Å². The predicted molar refractivity (Wildman–Crippen MR) is 110 cm³/mol. The highest BCUT2D eigenvalue weighted by Crippen LogP contribution is 2.27. The van der Waals surface area contributed by atoms with E-state index < -0.39 is 0 Å². The van der Waals surface area contributed by atoms with E-state index in [-0.39, 0.29) is 17.5 Å². The lowest BCUT2D eigenvalue weighted by molar-refractivity contribution is -0.135. The summed E-state index contributed by atoms with van der Waals surface area (Å²) in [6.45, 7) is 4.51. The Balaban J connectivity index is 1.41. The first-order chi connectivity index (χ1) is 14.1. The van der Waals surface area contributed by atoms with Crippen molar-refractivity contribution < 1.29 is 9.59 Å². The van der Waals surface area contributed by atoms with Crippen LogP contribution in [-0.4, -0.2) is 57.8 Å². The number of aromatic nitrogens is 3. The van der Waals surface area contributed by atoms with E-state index in [1.807, 2.05) is 11.0 Å². The highest BCUT2D eigenvalue weighted by molar-refractivity contribution is 6.03. The number of carbonyl (C=O) groups is 2. The molecule has 1 aliphatic carbocycles. The second-order valence-electron chi connectivity index (χ2n) is 7.63. The third kappa shape index (κ3) is 4.36. The molecule has 0 aromatic carbocycles. The molecule has 29 heavy (non-hydrogen) atoms. The van der Waals surface area contributed by atoms with Crippen molar-refractivity contribution in [2.24, 2.45) is 5.92 Å². The number of anilines is 2. The minimum absolute atomic E-state index is 0.211. The molecule has 1 N–H and O–H groups in total. The Morgan fingerprint density at radius 1 is 1.07 bits per heavy atom. The normalized spacial score (nSPS) is 17.4. The Morgan fingerprint density at radius 3 is 2.52 bits per heavy atom. The minimum Gasteiger partial charge on any atom is -0.352 e. The maximum absolute atomic E-state index is 12.6. The molecular formula is C21H26N6O2. The fraction of sp³-hybridized carbons (Fsp3) is 0.476. The van der Waals surface area contributed by atoms with Gasteiger partial charge in [0.05, 0.1) is 11.9 Å². The van der Waals surface area contributed by atoms with Crippen LogP contribution in [0.15, 0.2) is 30.6 Å². The first kappa shape index (κ1) is 19.3. The highest BCUT2D eigenvalue weighted by atomic mass is 16.2. The van der Waals surface area contributed by atoms with Gasteiger partial charge in [-0.25, -0.2) is 9.97 Å². The van der Waals surface area contributed by atoms with Gasteiger partial charge < -0.3 is 15.1 Å².